The lowest BCUT2D eigenvalue weighted by molar-refractivity contribution is 0.0603. The zero-order valence-corrected chi connectivity index (χ0v) is 12.8. The van der Waals surface area contributed by atoms with E-state index in [1.165, 1.54) is 7.11 Å². The Kier molecular flexibility index (Phi) is 3.85. The predicted molar refractivity (Wildman–Crippen MR) is 87.9 cm³/mol. The molecular weight excluding hydrogens is 294 g/mol. The number of methoxy groups -OCH3 is 2. The molecule has 116 valence electrons. The average Bonchev–Trinajstić information content (AvgIpc) is 2.60. The minimum absolute atomic E-state index is 0.293. The van der Waals surface area contributed by atoms with E-state index >= 15 is 0 Å². The van der Waals surface area contributed by atoms with Gasteiger partial charge >= 0.3 is 5.97 Å². The largest absolute Gasteiger partial charge is 0.496 e. The lowest BCUT2D eigenvalue weighted by atomic mass is 10.0. The van der Waals surface area contributed by atoms with Crippen molar-refractivity contribution in [1.82, 2.24) is 4.98 Å². The second-order valence-electron chi connectivity index (χ2n) is 4.97. The molecule has 0 unspecified atom stereocenters. The van der Waals surface area contributed by atoms with Crippen molar-refractivity contribution in [2.24, 2.45) is 0 Å². The number of carbonyl (C=O) groups excluding carboxylic acids is 1. The summed E-state index contributed by atoms with van der Waals surface area (Å²) in [5, 5.41) is 0.744. The van der Waals surface area contributed by atoms with Crippen molar-refractivity contribution in [3.05, 3.63) is 64.4 Å². The lowest BCUT2D eigenvalue weighted by Gasteiger charge is -2.10. The monoisotopic (exact) mass is 309 g/mol. The van der Waals surface area contributed by atoms with Gasteiger partial charge in [0.25, 0.3) is 5.56 Å². The van der Waals surface area contributed by atoms with E-state index in [9.17, 15) is 9.59 Å². The van der Waals surface area contributed by atoms with Gasteiger partial charge in [0.1, 0.15) is 5.75 Å². The normalized spacial score (nSPS) is 10.5. The first-order chi connectivity index (χ1) is 11.2. The summed E-state index contributed by atoms with van der Waals surface area (Å²) in [6, 6.07) is 14.2. The number of hydrogen-bond donors (Lipinski definition) is 1. The third kappa shape index (κ3) is 2.57. The Morgan fingerprint density at radius 2 is 1.78 bits per heavy atom. The van der Waals surface area contributed by atoms with Crippen LogP contribution in [-0.2, 0) is 4.74 Å². The number of rotatable bonds is 3. The summed E-state index contributed by atoms with van der Waals surface area (Å²) in [5.41, 5.74) is 1.67. The highest BCUT2D eigenvalue weighted by molar-refractivity contribution is 6.03. The number of aromatic nitrogens is 1. The molecule has 0 atom stereocenters. The number of carbonyl (C=O) groups is 1. The van der Waals surface area contributed by atoms with Crippen molar-refractivity contribution in [2.45, 2.75) is 0 Å². The maximum atomic E-state index is 12.5. The summed E-state index contributed by atoms with van der Waals surface area (Å²) in [4.78, 5) is 27.1. The van der Waals surface area contributed by atoms with Crippen molar-refractivity contribution < 1.29 is 14.3 Å². The van der Waals surface area contributed by atoms with Gasteiger partial charge in [0.05, 0.1) is 30.9 Å². The minimum Gasteiger partial charge on any atom is -0.496 e. The summed E-state index contributed by atoms with van der Waals surface area (Å²) in [7, 11) is 2.87. The van der Waals surface area contributed by atoms with Crippen LogP contribution in [0.25, 0.3) is 22.0 Å². The molecule has 1 N–H and O–H groups in total. The van der Waals surface area contributed by atoms with Gasteiger partial charge in [-0.05, 0) is 23.6 Å². The van der Waals surface area contributed by atoms with Crippen LogP contribution in [0, 0.1) is 0 Å². The molecule has 3 aromatic rings. The predicted octanol–water partition coefficient (Wildman–Crippen LogP) is 2.99. The van der Waals surface area contributed by atoms with Crippen molar-refractivity contribution in [3.8, 4) is 16.9 Å². The molecule has 0 aliphatic heterocycles. The zero-order valence-electron chi connectivity index (χ0n) is 12.8. The van der Waals surface area contributed by atoms with Crippen LogP contribution in [0.4, 0.5) is 0 Å². The molecule has 0 aliphatic rings. The highest BCUT2D eigenvalue weighted by Crippen LogP contribution is 2.29. The SMILES string of the molecule is COC(=O)c1cccc2cc(-c3ccccc3OC)c(=O)[nH]c12. The number of H-pyrrole nitrogens is 1. The second-order valence-corrected chi connectivity index (χ2v) is 4.97. The summed E-state index contributed by atoms with van der Waals surface area (Å²) in [6.07, 6.45) is 0. The van der Waals surface area contributed by atoms with E-state index in [1.807, 2.05) is 24.3 Å². The van der Waals surface area contributed by atoms with Crippen LogP contribution in [0.1, 0.15) is 10.4 Å². The van der Waals surface area contributed by atoms with Gasteiger partial charge in [0, 0.05) is 5.56 Å². The fourth-order valence-corrected chi connectivity index (χ4v) is 2.58. The fourth-order valence-electron chi connectivity index (χ4n) is 2.58. The third-order valence-electron chi connectivity index (χ3n) is 3.68. The van der Waals surface area contributed by atoms with Crippen molar-refractivity contribution >= 4 is 16.9 Å². The molecule has 1 heterocycles. The molecule has 5 nitrogen and oxygen atoms in total. The molecule has 23 heavy (non-hydrogen) atoms. The van der Waals surface area contributed by atoms with Gasteiger partial charge < -0.3 is 14.5 Å². The molecule has 0 saturated heterocycles. The third-order valence-corrected chi connectivity index (χ3v) is 3.68. The highest BCUT2D eigenvalue weighted by atomic mass is 16.5. The Bertz CT molecular complexity index is 943. The topological polar surface area (TPSA) is 68.4 Å². The van der Waals surface area contributed by atoms with Gasteiger partial charge in [-0.3, -0.25) is 4.79 Å². The summed E-state index contributed by atoms with van der Waals surface area (Å²) < 4.78 is 10.1. The maximum absolute atomic E-state index is 12.5. The highest BCUT2D eigenvalue weighted by Gasteiger charge is 2.14. The number of aromatic amines is 1. The van der Waals surface area contributed by atoms with E-state index in [4.69, 9.17) is 9.47 Å². The molecular formula is C18H15NO4. The van der Waals surface area contributed by atoms with Crippen LogP contribution >= 0.6 is 0 Å². The van der Waals surface area contributed by atoms with Gasteiger partial charge in [-0.25, -0.2) is 4.79 Å². The first-order valence-corrected chi connectivity index (χ1v) is 7.03. The number of pyridine rings is 1. The van der Waals surface area contributed by atoms with Gasteiger partial charge in [-0.2, -0.15) is 0 Å². The maximum Gasteiger partial charge on any atom is 0.339 e. The fraction of sp³-hybridized carbons (Fsp3) is 0.111. The molecule has 0 saturated carbocycles. The van der Waals surface area contributed by atoms with Crippen LogP contribution in [0.5, 0.6) is 5.75 Å². The van der Waals surface area contributed by atoms with Crippen LogP contribution in [0.2, 0.25) is 0 Å². The van der Waals surface area contributed by atoms with Gasteiger partial charge in [0.2, 0.25) is 0 Å². The van der Waals surface area contributed by atoms with Gasteiger partial charge in [-0.1, -0.05) is 30.3 Å². The van der Waals surface area contributed by atoms with E-state index < -0.39 is 5.97 Å². The Balaban J connectivity index is 2.28. The molecule has 1 aromatic heterocycles. The van der Waals surface area contributed by atoms with E-state index in [-0.39, 0.29) is 5.56 Å². The molecule has 0 amide bonds. The summed E-state index contributed by atoms with van der Waals surface area (Å²) >= 11 is 0. The number of benzene rings is 2. The van der Waals surface area contributed by atoms with Crippen molar-refractivity contribution in [1.29, 1.82) is 0 Å². The van der Waals surface area contributed by atoms with Crippen molar-refractivity contribution in [2.75, 3.05) is 14.2 Å². The molecule has 0 radical (unpaired) electrons. The quantitative estimate of drug-likeness (QED) is 0.755. The zero-order chi connectivity index (χ0) is 16.4. The van der Waals surface area contributed by atoms with Crippen LogP contribution in [-0.4, -0.2) is 25.2 Å². The average molecular weight is 309 g/mol. The molecule has 5 heteroatoms. The molecule has 0 aliphatic carbocycles. The number of para-hydroxylation sites is 2. The standard InChI is InChI=1S/C18H15NO4/c1-22-15-9-4-3-7-12(15)14-10-11-6-5-8-13(18(21)23-2)16(11)19-17(14)20/h3-10H,1-2H3,(H,19,20). The van der Waals surface area contributed by atoms with E-state index in [0.717, 1.165) is 5.39 Å². The number of fused-ring (bicyclic) bond motifs is 1. The van der Waals surface area contributed by atoms with Gasteiger partial charge in [0.15, 0.2) is 0 Å². The van der Waals surface area contributed by atoms with Crippen molar-refractivity contribution in [3.63, 3.8) is 0 Å². The molecule has 3 rings (SSSR count). The molecule has 0 spiro atoms. The van der Waals surface area contributed by atoms with E-state index in [1.54, 1.807) is 31.4 Å². The number of esters is 1. The lowest BCUT2D eigenvalue weighted by Crippen LogP contribution is -2.12. The second kappa shape index (κ2) is 5.96. The Morgan fingerprint density at radius 1 is 1.00 bits per heavy atom. The number of ether oxygens (including phenoxy) is 2. The Morgan fingerprint density at radius 3 is 2.52 bits per heavy atom. The van der Waals surface area contributed by atoms with Crippen LogP contribution < -0.4 is 10.3 Å². The minimum atomic E-state index is -0.490. The van der Waals surface area contributed by atoms with Gasteiger partial charge in [-0.15, -0.1) is 0 Å². The van der Waals surface area contributed by atoms with Crippen LogP contribution in [0.15, 0.2) is 53.3 Å². The molecule has 2 aromatic carbocycles. The Hall–Kier alpha value is -3.08. The summed E-state index contributed by atoms with van der Waals surface area (Å²) in [6.45, 7) is 0. The van der Waals surface area contributed by atoms with E-state index in [2.05, 4.69) is 4.98 Å². The number of hydrogen-bond acceptors (Lipinski definition) is 4. The van der Waals surface area contributed by atoms with E-state index in [0.29, 0.717) is 28.0 Å². The first-order valence-electron chi connectivity index (χ1n) is 7.03. The summed E-state index contributed by atoms with van der Waals surface area (Å²) in [5.74, 6) is 0.123. The first kappa shape index (κ1) is 14.8. The smallest absolute Gasteiger partial charge is 0.339 e. The number of nitrogens with one attached hydrogen (secondary N) is 1. The molecule has 0 bridgehead atoms. The Labute approximate surface area is 132 Å². The molecule has 0 fully saturated rings. The van der Waals surface area contributed by atoms with Crippen LogP contribution in [0.3, 0.4) is 0 Å².